The standard InChI is InChI=1S/C8H15NO4/c1-6(8(11)13-3)9-5-4-7(10)12-2/h6,9H,4-5H2,1-3H3. The molecule has 0 aromatic heterocycles. The van der Waals surface area contributed by atoms with Crippen molar-refractivity contribution in [1.29, 1.82) is 0 Å². The Kier molecular flexibility index (Phi) is 5.88. The Balaban J connectivity index is 3.53. The molecule has 0 amide bonds. The molecule has 5 nitrogen and oxygen atoms in total. The molecular weight excluding hydrogens is 174 g/mol. The first-order valence-electron chi connectivity index (χ1n) is 3.99. The van der Waals surface area contributed by atoms with Crippen LogP contribution in [0.4, 0.5) is 0 Å². The molecule has 0 spiro atoms. The number of hydrogen-bond acceptors (Lipinski definition) is 5. The Morgan fingerprint density at radius 1 is 1.31 bits per heavy atom. The number of nitrogens with one attached hydrogen (secondary N) is 1. The molecule has 0 saturated heterocycles. The Labute approximate surface area is 77.4 Å². The summed E-state index contributed by atoms with van der Waals surface area (Å²) in [7, 11) is 2.65. The first-order chi connectivity index (χ1) is 6.11. The van der Waals surface area contributed by atoms with Gasteiger partial charge in [-0.3, -0.25) is 9.59 Å². The highest BCUT2D eigenvalue weighted by molar-refractivity contribution is 5.75. The van der Waals surface area contributed by atoms with Crippen LogP contribution in [-0.4, -0.2) is 38.7 Å². The molecule has 0 aromatic rings. The molecular formula is C8H15NO4. The zero-order chi connectivity index (χ0) is 10.3. The minimum atomic E-state index is -0.394. The van der Waals surface area contributed by atoms with Crippen LogP contribution in [0.2, 0.25) is 0 Å². The molecule has 5 heteroatoms. The maximum atomic E-state index is 10.9. The molecule has 1 N–H and O–H groups in total. The number of hydrogen-bond donors (Lipinski definition) is 1. The van der Waals surface area contributed by atoms with Gasteiger partial charge in [-0.15, -0.1) is 0 Å². The SMILES string of the molecule is COC(=O)CCNC(C)C(=O)OC. The Morgan fingerprint density at radius 3 is 2.38 bits per heavy atom. The van der Waals surface area contributed by atoms with E-state index in [2.05, 4.69) is 14.8 Å². The average molecular weight is 189 g/mol. The topological polar surface area (TPSA) is 64.6 Å². The van der Waals surface area contributed by atoms with Crippen LogP contribution < -0.4 is 5.32 Å². The van der Waals surface area contributed by atoms with E-state index in [-0.39, 0.29) is 18.4 Å². The fraction of sp³-hybridized carbons (Fsp3) is 0.750. The second kappa shape index (κ2) is 6.42. The summed E-state index contributed by atoms with van der Waals surface area (Å²) in [5, 5.41) is 2.82. The molecule has 0 aromatic carbocycles. The summed E-state index contributed by atoms with van der Waals surface area (Å²) < 4.78 is 8.90. The van der Waals surface area contributed by atoms with Gasteiger partial charge in [0.15, 0.2) is 0 Å². The summed E-state index contributed by atoms with van der Waals surface area (Å²) >= 11 is 0. The predicted molar refractivity (Wildman–Crippen MR) is 46.1 cm³/mol. The maximum Gasteiger partial charge on any atom is 0.322 e. The van der Waals surface area contributed by atoms with Gasteiger partial charge in [0.2, 0.25) is 0 Å². The van der Waals surface area contributed by atoms with E-state index in [0.29, 0.717) is 6.54 Å². The van der Waals surface area contributed by atoms with Gasteiger partial charge in [0.25, 0.3) is 0 Å². The highest BCUT2D eigenvalue weighted by Crippen LogP contribution is 1.87. The van der Waals surface area contributed by atoms with Crippen molar-refractivity contribution in [1.82, 2.24) is 5.32 Å². The lowest BCUT2D eigenvalue weighted by Crippen LogP contribution is -2.36. The van der Waals surface area contributed by atoms with Crippen LogP contribution in [0.3, 0.4) is 0 Å². The van der Waals surface area contributed by atoms with Crippen molar-refractivity contribution >= 4 is 11.9 Å². The largest absolute Gasteiger partial charge is 0.469 e. The third-order valence-electron chi connectivity index (χ3n) is 1.56. The van der Waals surface area contributed by atoms with Gasteiger partial charge in [-0.25, -0.2) is 0 Å². The van der Waals surface area contributed by atoms with Crippen molar-refractivity contribution in [3.63, 3.8) is 0 Å². The molecule has 0 heterocycles. The van der Waals surface area contributed by atoms with E-state index >= 15 is 0 Å². The quantitative estimate of drug-likeness (QED) is 0.601. The van der Waals surface area contributed by atoms with E-state index < -0.39 is 6.04 Å². The lowest BCUT2D eigenvalue weighted by Gasteiger charge is -2.10. The van der Waals surface area contributed by atoms with Crippen LogP contribution in [0.5, 0.6) is 0 Å². The first-order valence-corrected chi connectivity index (χ1v) is 3.99. The monoisotopic (exact) mass is 189 g/mol. The van der Waals surface area contributed by atoms with Gasteiger partial charge >= 0.3 is 11.9 Å². The van der Waals surface area contributed by atoms with E-state index in [1.807, 2.05) is 0 Å². The lowest BCUT2D eigenvalue weighted by molar-refractivity contribution is -0.144. The minimum absolute atomic E-state index is 0.248. The zero-order valence-corrected chi connectivity index (χ0v) is 8.12. The maximum absolute atomic E-state index is 10.9. The molecule has 13 heavy (non-hydrogen) atoms. The Morgan fingerprint density at radius 2 is 1.92 bits per heavy atom. The van der Waals surface area contributed by atoms with Crippen molar-refractivity contribution in [3.8, 4) is 0 Å². The summed E-state index contributed by atoms with van der Waals surface area (Å²) in [6, 6.07) is -0.394. The van der Waals surface area contributed by atoms with E-state index in [0.717, 1.165) is 0 Å². The third-order valence-corrected chi connectivity index (χ3v) is 1.56. The van der Waals surface area contributed by atoms with Crippen LogP contribution in [0.1, 0.15) is 13.3 Å². The molecule has 0 bridgehead atoms. The fourth-order valence-corrected chi connectivity index (χ4v) is 0.753. The van der Waals surface area contributed by atoms with Gasteiger partial charge in [-0.2, -0.15) is 0 Å². The Bertz CT molecular complexity index is 181. The predicted octanol–water partition coefficient (Wildman–Crippen LogP) is -0.299. The van der Waals surface area contributed by atoms with Gasteiger partial charge < -0.3 is 14.8 Å². The van der Waals surface area contributed by atoms with Gasteiger partial charge in [0.05, 0.1) is 20.6 Å². The second-order valence-corrected chi connectivity index (χ2v) is 2.53. The van der Waals surface area contributed by atoms with Gasteiger partial charge in [0.1, 0.15) is 6.04 Å². The van der Waals surface area contributed by atoms with E-state index in [1.165, 1.54) is 14.2 Å². The molecule has 1 atom stereocenters. The molecule has 0 aliphatic rings. The lowest BCUT2D eigenvalue weighted by atomic mass is 10.3. The normalized spacial score (nSPS) is 11.9. The molecule has 0 fully saturated rings. The number of ether oxygens (including phenoxy) is 2. The second-order valence-electron chi connectivity index (χ2n) is 2.53. The molecule has 0 radical (unpaired) electrons. The van der Waals surface area contributed by atoms with Crippen LogP contribution in [0.15, 0.2) is 0 Å². The van der Waals surface area contributed by atoms with Crippen LogP contribution >= 0.6 is 0 Å². The number of carbonyl (C=O) groups is 2. The average Bonchev–Trinajstić information content (AvgIpc) is 2.15. The number of methoxy groups -OCH3 is 2. The number of carbonyl (C=O) groups excluding carboxylic acids is 2. The van der Waals surface area contributed by atoms with Crippen molar-refractivity contribution in [2.45, 2.75) is 19.4 Å². The molecule has 0 rings (SSSR count). The van der Waals surface area contributed by atoms with Gasteiger partial charge in [-0.1, -0.05) is 0 Å². The summed E-state index contributed by atoms with van der Waals surface area (Å²) in [5.74, 6) is -0.644. The molecule has 1 unspecified atom stereocenters. The fourth-order valence-electron chi connectivity index (χ4n) is 0.753. The zero-order valence-electron chi connectivity index (χ0n) is 8.12. The van der Waals surface area contributed by atoms with Crippen molar-refractivity contribution in [2.24, 2.45) is 0 Å². The minimum Gasteiger partial charge on any atom is -0.469 e. The van der Waals surface area contributed by atoms with Gasteiger partial charge in [-0.05, 0) is 6.92 Å². The van der Waals surface area contributed by atoms with E-state index in [1.54, 1.807) is 6.92 Å². The van der Waals surface area contributed by atoms with Crippen molar-refractivity contribution in [3.05, 3.63) is 0 Å². The van der Waals surface area contributed by atoms with Crippen molar-refractivity contribution < 1.29 is 19.1 Å². The van der Waals surface area contributed by atoms with Crippen molar-refractivity contribution in [2.75, 3.05) is 20.8 Å². The summed E-state index contributed by atoms with van der Waals surface area (Å²) in [5.41, 5.74) is 0. The smallest absolute Gasteiger partial charge is 0.322 e. The van der Waals surface area contributed by atoms with Gasteiger partial charge in [0, 0.05) is 6.54 Å². The molecule has 0 aliphatic heterocycles. The molecule has 76 valence electrons. The summed E-state index contributed by atoms with van der Waals surface area (Å²) in [6.07, 6.45) is 0.248. The molecule has 0 saturated carbocycles. The summed E-state index contributed by atoms with van der Waals surface area (Å²) in [4.78, 5) is 21.5. The molecule has 0 aliphatic carbocycles. The van der Waals surface area contributed by atoms with Crippen LogP contribution in [-0.2, 0) is 19.1 Å². The third kappa shape index (κ3) is 5.19. The highest BCUT2D eigenvalue weighted by Gasteiger charge is 2.11. The Hall–Kier alpha value is -1.10. The summed E-state index contributed by atoms with van der Waals surface area (Å²) in [6.45, 7) is 2.08. The van der Waals surface area contributed by atoms with Crippen LogP contribution in [0.25, 0.3) is 0 Å². The highest BCUT2D eigenvalue weighted by atomic mass is 16.5. The number of rotatable bonds is 5. The van der Waals surface area contributed by atoms with E-state index in [4.69, 9.17) is 0 Å². The van der Waals surface area contributed by atoms with E-state index in [9.17, 15) is 9.59 Å². The first kappa shape index (κ1) is 11.9. The van der Waals surface area contributed by atoms with Crippen LogP contribution in [0, 0.1) is 0 Å². The number of esters is 2.